The molecule has 1 amide bonds. The van der Waals surface area contributed by atoms with E-state index >= 15 is 0 Å². The Balaban J connectivity index is 0.00000264. The van der Waals surface area contributed by atoms with Gasteiger partial charge in [-0.3, -0.25) is 4.79 Å². The SMILES string of the molecule is CCNCC1CCN(C(=O)c2ccccc2SC(C)C)CC1.Cl. The summed E-state index contributed by atoms with van der Waals surface area (Å²) in [6, 6.07) is 8.02. The van der Waals surface area contributed by atoms with Gasteiger partial charge < -0.3 is 10.2 Å². The molecule has 1 saturated heterocycles. The van der Waals surface area contributed by atoms with Crippen LogP contribution in [0.3, 0.4) is 0 Å². The topological polar surface area (TPSA) is 32.3 Å². The molecule has 5 heteroatoms. The van der Waals surface area contributed by atoms with E-state index in [2.05, 4.69) is 32.2 Å². The van der Waals surface area contributed by atoms with Crippen LogP contribution in [0.2, 0.25) is 0 Å². The fraction of sp³-hybridized carbons (Fsp3) is 0.611. The standard InChI is InChI=1S/C18H28N2OS.ClH/c1-4-19-13-15-9-11-20(12-10-15)18(21)16-7-5-6-8-17(16)22-14(2)3;/h5-8,14-15,19H,4,9-13H2,1-3H3;1H. The lowest BCUT2D eigenvalue weighted by molar-refractivity contribution is 0.0687. The van der Waals surface area contributed by atoms with E-state index in [4.69, 9.17) is 0 Å². The van der Waals surface area contributed by atoms with Crippen molar-refractivity contribution in [2.75, 3.05) is 26.2 Å². The monoisotopic (exact) mass is 356 g/mol. The zero-order chi connectivity index (χ0) is 15.9. The number of hydrogen-bond donors (Lipinski definition) is 1. The summed E-state index contributed by atoms with van der Waals surface area (Å²) in [5, 5.41) is 3.90. The second-order valence-electron chi connectivity index (χ2n) is 6.21. The van der Waals surface area contributed by atoms with Gasteiger partial charge >= 0.3 is 0 Å². The van der Waals surface area contributed by atoms with Gasteiger partial charge in [-0.2, -0.15) is 0 Å². The molecule has 0 bridgehead atoms. The van der Waals surface area contributed by atoms with Crippen molar-refractivity contribution in [3.05, 3.63) is 29.8 Å². The number of piperidine rings is 1. The summed E-state index contributed by atoms with van der Waals surface area (Å²) in [5.41, 5.74) is 0.867. The molecule has 0 aromatic heterocycles. The lowest BCUT2D eigenvalue weighted by Gasteiger charge is -2.32. The van der Waals surface area contributed by atoms with Gasteiger partial charge in [-0.25, -0.2) is 0 Å². The Labute approximate surface area is 151 Å². The lowest BCUT2D eigenvalue weighted by Crippen LogP contribution is -2.41. The molecule has 0 spiro atoms. The largest absolute Gasteiger partial charge is 0.339 e. The number of thioether (sulfide) groups is 1. The number of halogens is 1. The van der Waals surface area contributed by atoms with Crippen LogP contribution in [0.5, 0.6) is 0 Å². The van der Waals surface area contributed by atoms with Crippen LogP contribution >= 0.6 is 24.2 Å². The normalized spacial score (nSPS) is 15.6. The van der Waals surface area contributed by atoms with Crippen LogP contribution in [-0.4, -0.2) is 42.2 Å². The van der Waals surface area contributed by atoms with Gasteiger partial charge in [0, 0.05) is 23.2 Å². The summed E-state index contributed by atoms with van der Waals surface area (Å²) in [5.74, 6) is 0.912. The third kappa shape index (κ3) is 6.02. The van der Waals surface area contributed by atoms with E-state index in [0.29, 0.717) is 11.2 Å². The molecule has 0 radical (unpaired) electrons. The van der Waals surface area contributed by atoms with Crippen molar-refractivity contribution in [1.29, 1.82) is 0 Å². The minimum atomic E-state index is 0. The molecule has 130 valence electrons. The molecule has 1 aromatic rings. The summed E-state index contributed by atoms with van der Waals surface area (Å²) in [6.07, 6.45) is 2.22. The van der Waals surface area contributed by atoms with E-state index in [1.807, 2.05) is 23.1 Å². The number of benzene rings is 1. The summed E-state index contributed by atoms with van der Waals surface area (Å²) in [7, 11) is 0. The Hall–Kier alpha value is -0.710. The maximum Gasteiger partial charge on any atom is 0.254 e. The Kier molecular flexibility index (Phi) is 9.03. The first-order valence-electron chi connectivity index (χ1n) is 8.37. The van der Waals surface area contributed by atoms with Crippen LogP contribution in [0.1, 0.15) is 44.0 Å². The molecule has 23 heavy (non-hydrogen) atoms. The number of carbonyl (C=O) groups is 1. The number of nitrogens with one attached hydrogen (secondary N) is 1. The van der Waals surface area contributed by atoms with E-state index in [9.17, 15) is 4.79 Å². The number of hydrogen-bond acceptors (Lipinski definition) is 3. The summed E-state index contributed by atoms with van der Waals surface area (Å²) in [6.45, 7) is 10.3. The highest BCUT2D eigenvalue weighted by Crippen LogP contribution is 2.28. The zero-order valence-corrected chi connectivity index (χ0v) is 16.0. The molecule has 0 unspecified atom stereocenters. The van der Waals surface area contributed by atoms with Crippen molar-refractivity contribution < 1.29 is 4.79 Å². The smallest absolute Gasteiger partial charge is 0.254 e. The summed E-state index contributed by atoms with van der Waals surface area (Å²) in [4.78, 5) is 16.0. The molecule has 1 fully saturated rings. The number of amides is 1. The first-order valence-corrected chi connectivity index (χ1v) is 9.25. The molecule has 0 aliphatic carbocycles. The highest BCUT2D eigenvalue weighted by atomic mass is 35.5. The lowest BCUT2D eigenvalue weighted by atomic mass is 9.96. The van der Waals surface area contributed by atoms with Crippen molar-refractivity contribution in [3.63, 3.8) is 0 Å². The van der Waals surface area contributed by atoms with Gasteiger partial charge in [0.15, 0.2) is 0 Å². The van der Waals surface area contributed by atoms with E-state index in [0.717, 1.165) is 49.5 Å². The second kappa shape index (κ2) is 10.2. The van der Waals surface area contributed by atoms with Gasteiger partial charge in [0.05, 0.1) is 5.56 Å². The summed E-state index contributed by atoms with van der Waals surface area (Å²) < 4.78 is 0. The van der Waals surface area contributed by atoms with Crippen molar-refractivity contribution in [2.24, 2.45) is 5.92 Å². The quantitative estimate of drug-likeness (QED) is 0.780. The fourth-order valence-electron chi connectivity index (χ4n) is 2.86. The highest BCUT2D eigenvalue weighted by molar-refractivity contribution is 8.00. The predicted molar refractivity (Wildman–Crippen MR) is 102 cm³/mol. The average molecular weight is 357 g/mol. The third-order valence-electron chi connectivity index (χ3n) is 4.06. The van der Waals surface area contributed by atoms with Gasteiger partial charge in [0.2, 0.25) is 0 Å². The van der Waals surface area contributed by atoms with Gasteiger partial charge in [-0.1, -0.05) is 32.9 Å². The van der Waals surface area contributed by atoms with Crippen LogP contribution in [0.15, 0.2) is 29.2 Å². The van der Waals surface area contributed by atoms with Crippen LogP contribution < -0.4 is 5.32 Å². The predicted octanol–water partition coefficient (Wildman–Crippen LogP) is 4.07. The number of carbonyl (C=O) groups excluding carboxylic acids is 1. The van der Waals surface area contributed by atoms with Crippen molar-refractivity contribution in [2.45, 2.75) is 43.8 Å². The van der Waals surface area contributed by atoms with Crippen LogP contribution in [0.25, 0.3) is 0 Å². The van der Waals surface area contributed by atoms with Crippen molar-refractivity contribution in [1.82, 2.24) is 10.2 Å². The maximum atomic E-state index is 12.8. The molecule has 1 aliphatic heterocycles. The first-order chi connectivity index (χ1) is 10.6. The molecule has 0 saturated carbocycles. The molecule has 1 heterocycles. The minimum Gasteiger partial charge on any atom is -0.339 e. The fourth-order valence-corrected chi connectivity index (χ4v) is 3.81. The Bertz CT molecular complexity index is 488. The molecule has 1 aromatic carbocycles. The molecule has 0 atom stereocenters. The Morgan fingerprint density at radius 1 is 1.30 bits per heavy atom. The van der Waals surface area contributed by atoms with E-state index in [1.54, 1.807) is 11.8 Å². The highest BCUT2D eigenvalue weighted by Gasteiger charge is 2.24. The molecular weight excluding hydrogens is 328 g/mol. The van der Waals surface area contributed by atoms with E-state index < -0.39 is 0 Å². The van der Waals surface area contributed by atoms with Gasteiger partial charge in [0.1, 0.15) is 0 Å². The number of likely N-dealkylation sites (tertiary alicyclic amines) is 1. The van der Waals surface area contributed by atoms with Gasteiger partial charge in [-0.05, 0) is 44.0 Å². The van der Waals surface area contributed by atoms with E-state index in [-0.39, 0.29) is 18.3 Å². The molecule has 3 nitrogen and oxygen atoms in total. The first kappa shape index (κ1) is 20.3. The molecule has 1 N–H and O–H groups in total. The number of nitrogens with zero attached hydrogens (tertiary/aromatic N) is 1. The molecular formula is C18H29ClN2OS. The van der Waals surface area contributed by atoms with Crippen LogP contribution in [0, 0.1) is 5.92 Å². The minimum absolute atomic E-state index is 0. The van der Waals surface area contributed by atoms with Crippen LogP contribution in [-0.2, 0) is 0 Å². The molecule has 2 rings (SSSR count). The van der Waals surface area contributed by atoms with Gasteiger partial charge in [-0.15, -0.1) is 24.2 Å². The zero-order valence-electron chi connectivity index (χ0n) is 14.4. The van der Waals surface area contributed by atoms with Gasteiger partial charge in [0.25, 0.3) is 5.91 Å². The molecule has 1 aliphatic rings. The Morgan fingerprint density at radius 3 is 2.57 bits per heavy atom. The summed E-state index contributed by atoms with van der Waals surface area (Å²) >= 11 is 1.77. The number of rotatable bonds is 6. The third-order valence-corrected chi connectivity index (χ3v) is 5.15. The van der Waals surface area contributed by atoms with Crippen molar-refractivity contribution >= 4 is 30.1 Å². The maximum absolute atomic E-state index is 12.8. The average Bonchev–Trinajstić information content (AvgIpc) is 2.53. The van der Waals surface area contributed by atoms with Crippen LogP contribution in [0.4, 0.5) is 0 Å². The van der Waals surface area contributed by atoms with Crippen molar-refractivity contribution in [3.8, 4) is 0 Å². The second-order valence-corrected chi connectivity index (χ2v) is 7.82. The van der Waals surface area contributed by atoms with E-state index in [1.165, 1.54) is 0 Å². The Morgan fingerprint density at radius 2 is 1.96 bits per heavy atom.